The number of nitrogens with one attached hydrogen (secondary N) is 3. The SMILES string of the molecule is CSCCC(NC(=O)c1cc(-c2cccnc2)n[nH]1)c1nc2ccccc2[nH]1. The third kappa shape index (κ3) is 3.91. The van der Waals surface area contributed by atoms with Crippen molar-refractivity contribution in [1.82, 2.24) is 30.5 Å². The summed E-state index contributed by atoms with van der Waals surface area (Å²) in [6.45, 7) is 0. The summed E-state index contributed by atoms with van der Waals surface area (Å²) in [5.74, 6) is 1.45. The molecule has 0 radical (unpaired) electrons. The normalized spacial score (nSPS) is 12.2. The maximum atomic E-state index is 12.8. The van der Waals surface area contributed by atoms with Crippen LogP contribution in [0.4, 0.5) is 0 Å². The van der Waals surface area contributed by atoms with Crippen LogP contribution in [0.25, 0.3) is 22.3 Å². The molecule has 0 aliphatic heterocycles. The molecular weight excluding hydrogens is 372 g/mol. The third-order valence-electron chi connectivity index (χ3n) is 4.43. The van der Waals surface area contributed by atoms with Crippen molar-refractivity contribution in [1.29, 1.82) is 0 Å². The van der Waals surface area contributed by atoms with Crippen LogP contribution in [0.5, 0.6) is 0 Å². The van der Waals surface area contributed by atoms with Gasteiger partial charge in [0.2, 0.25) is 0 Å². The monoisotopic (exact) mass is 392 g/mol. The summed E-state index contributed by atoms with van der Waals surface area (Å²) in [7, 11) is 0. The van der Waals surface area contributed by atoms with Gasteiger partial charge < -0.3 is 10.3 Å². The molecule has 3 heterocycles. The van der Waals surface area contributed by atoms with Gasteiger partial charge in [0.1, 0.15) is 11.5 Å². The highest BCUT2D eigenvalue weighted by Gasteiger charge is 2.20. The van der Waals surface area contributed by atoms with Gasteiger partial charge in [-0.25, -0.2) is 4.98 Å². The Labute approximate surface area is 166 Å². The molecule has 1 amide bonds. The third-order valence-corrected chi connectivity index (χ3v) is 5.08. The van der Waals surface area contributed by atoms with Crippen LogP contribution in [-0.2, 0) is 0 Å². The lowest BCUT2D eigenvalue weighted by Crippen LogP contribution is -2.30. The number of para-hydroxylation sites is 2. The van der Waals surface area contributed by atoms with Crippen LogP contribution in [0.15, 0.2) is 54.9 Å². The van der Waals surface area contributed by atoms with E-state index >= 15 is 0 Å². The van der Waals surface area contributed by atoms with E-state index in [2.05, 4.69) is 30.5 Å². The number of hydrogen-bond donors (Lipinski definition) is 3. The van der Waals surface area contributed by atoms with E-state index in [9.17, 15) is 4.79 Å². The van der Waals surface area contributed by atoms with Crippen molar-refractivity contribution in [3.63, 3.8) is 0 Å². The summed E-state index contributed by atoms with van der Waals surface area (Å²) in [5, 5.41) is 10.1. The summed E-state index contributed by atoms with van der Waals surface area (Å²) in [6, 6.07) is 13.1. The molecule has 1 aromatic carbocycles. The van der Waals surface area contributed by atoms with Crippen molar-refractivity contribution in [3.05, 3.63) is 66.4 Å². The number of nitrogens with zero attached hydrogens (tertiary/aromatic N) is 3. The molecule has 0 fully saturated rings. The van der Waals surface area contributed by atoms with Gasteiger partial charge in [0.05, 0.1) is 22.8 Å². The molecule has 7 nitrogen and oxygen atoms in total. The first-order valence-electron chi connectivity index (χ1n) is 8.95. The summed E-state index contributed by atoms with van der Waals surface area (Å²) < 4.78 is 0. The van der Waals surface area contributed by atoms with Crippen molar-refractivity contribution < 1.29 is 4.79 Å². The molecule has 1 atom stereocenters. The fraction of sp³-hybridized carbons (Fsp3) is 0.200. The minimum atomic E-state index is -0.214. The number of fused-ring (bicyclic) bond motifs is 1. The molecule has 3 aromatic heterocycles. The molecule has 28 heavy (non-hydrogen) atoms. The van der Waals surface area contributed by atoms with Gasteiger partial charge in [-0.1, -0.05) is 12.1 Å². The Kier molecular flexibility index (Phi) is 5.38. The Morgan fingerprint density at radius 2 is 2.14 bits per heavy atom. The van der Waals surface area contributed by atoms with Crippen LogP contribution >= 0.6 is 11.8 Å². The number of imidazole rings is 1. The molecular formula is C20H20N6OS. The Hall–Kier alpha value is -3.13. The van der Waals surface area contributed by atoms with Gasteiger partial charge in [-0.3, -0.25) is 14.9 Å². The Balaban J connectivity index is 1.55. The number of carbonyl (C=O) groups excluding carboxylic acids is 1. The van der Waals surface area contributed by atoms with Crippen molar-refractivity contribution in [2.45, 2.75) is 12.5 Å². The number of pyridine rings is 1. The van der Waals surface area contributed by atoms with Gasteiger partial charge in [-0.2, -0.15) is 16.9 Å². The number of hydrogen-bond acceptors (Lipinski definition) is 5. The summed E-state index contributed by atoms with van der Waals surface area (Å²) in [5.41, 5.74) is 3.79. The maximum Gasteiger partial charge on any atom is 0.269 e. The lowest BCUT2D eigenvalue weighted by Gasteiger charge is -2.15. The van der Waals surface area contributed by atoms with Crippen LogP contribution in [0, 0.1) is 0 Å². The average Bonchev–Trinajstić information content (AvgIpc) is 3.39. The van der Waals surface area contributed by atoms with E-state index in [1.54, 1.807) is 30.2 Å². The number of aromatic amines is 2. The first-order valence-corrected chi connectivity index (χ1v) is 10.3. The molecule has 4 rings (SSSR count). The fourth-order valence-corrected chi connectivity index (χ4v) is 3.46. The van der Waals surface area contributed by atoms with E-state index in [1.165, 1.54) is 0 Å². The number of carbonyl (C=O) groups is 1. The zero-order valence-corrected chi connectivity index (χ0v) is 16.2. The number of H-pyrrole nitrogens is 2. The first kappa shape index (κ1) is 18.2. The van der Waals surface area contributed by atoms with Gasteiger partial charge >= 0.3 is 0 Å². The van der Waals surface area contributed by atoms with Gasteiger partial charge in [0.25, 0.3) is 5.91 Å². The molecule has 0 saturated heterocycles. The summed E-state index contributed by atoms with van der Waals surface area (Å²) >= 11 is 1.74. The van der Waals surface area contributed by atoms with Crippen LogP contribution in [0.1, 0.15) is 28.8 Å². The predicted molar refractivity (Wildman–Crippen MR) is 111 cm³/mol. The Morgan fingerprint density at radius 1 is 1.25 bits per heavy atom. The van der Waals surface area contributed by atoms with E-state index in [-0.39, 0.29) is 11.9 Å². The Morgan fingerprint density at radius 3 is 2.93 bits per heavy atom. The second kappa shape index (κ2) is 8.26. The molecule has 0 aliphatic carbocycles. The number of amides is 1. The van der Waals surface area contributed by atoms with Crippen molar-refractivity contribution in [2.24, 2.45) is 0 Å². The van der Waals surface area contributed by atoms with Gasteiger partial charge in [0, 0.05) is 18.0 Å². The number of aromatic nitrogens is 5. The van der Waals surface area contributed by atoms with Gasteiger partial charge in [0.15, 0.2) is 0 Å². The molecule has 3 N–H and O–H groups in total. The molecule has 0 saturated carbocycles. The van der Waals surface area contributed by atoms with Crippen molar-refractivity contribution in [2.75, 3.05) is 12.0 Å². The van der Waals surface area contributed by atoms with Gasteiger partial charge in [-0.05, 0) is 48.8 Å². The van der Waals surface area contributed by atoms with E-state index in [0.717, 1.165) is 34.6 Å². The van der Waals surface area contributed by atoms with Crippen LogP contribution in [-0.4, -0.2) is 43.1 Å². The lowest BCUT2D eigenvalue weighted by atomic mass is 10.2. The smallest absolute Gasteiger partial charge is 0.269 e. The molecule has 142 valence electrons. The molecule has 1 unspecified atom stereocenters. The van der Waals surface area contributed by atoms with Crippen molar-refractivity contribution in [3.8, 4) is 11.3 Å². The molecule has 8 heteroatoms. The quantitative estimate of drug-likeness (QED) is 0.446. The maximum absolute atomic E-state index is 12.8. The van der Waals surface area contributed by atoms with E-state index < -0.39 is 0 Å². The zero-order valence-electron chi connectivity index (χ0n) is 15.3. The van der Waals surface area contributed by atoms with E-state index in [0.29, 0.717) is 11.4 Å². The molecule has 0 aliphatic rings. The number of thioether (sulfide) groups is 1. The minimum absolute atomic E-state index is 0.211. The predicted octanol–water partition coefficient (Wildman–Crippen LogP) is 3.57. The fourth-order valence-electron chi connectivity index (χ4n) is 2.99. The average molecular weight is 392 g/mol. The van der Waals surface area contributed by atoms with Gasteiger partial charge in [-0.15, -0.1) is 0 Å². The van der Waals surface area contributed by atoms with Crippen LogP contribution < -0.4 is 5.32 Å². The second-order valence-electron chi connectivity index (χ2n) is 6.36. The number of benzene rings is 1. The van der Waals surface area contributed by atoms with Crippen molar-refractivity contribution >= 4 is 28.7 Å². The highest BCUT2D eigenvalue weighted by atomic mass is 32.2. The standard InChI is InChI=1S/C20H20N6OS/c1-28-10-8-16(19-22-14-6-2-3-7-15(14)23-19)24-20(27)18-11-17(25-26-18)13-5-4-9-21-12-13/h2-7,9,11-12,16H,8,10H2,1H3,(H,22,23)(H,24,27)(H,25,26). The minimum Gasteiger partial charge on any atom is -0.341 e. The number of rotatable bonds is 7. The summed E-state index contributed by atoms with van der Waals surface area (Å²) in [4.78, 5) is 24.9. The van der Waals surface area contributed by atoms with Crippen LogP contribution in [0.3, 0.4) is 0 Å². The zero-order chi connectivity index (χ0) is 19.3. The van der Waals surface area contributed by atoms with E-state index in [4.69, 9.17) is 0 Å². The lowest BCUT2D eigenvalue weighted by molar-refractivity contribution is 0.0929. The molecule has 4 aromatic rings. The van der Waals surface area contributed by atoms with Crippen LogP contribution in [0.2, 0.25) is 0 Å². The first-order chi connectivity index (χ1) is 13.7. The highest BCUT2D eigenvalue weighted by molar-refractivity contribution is 7.98. The largest absolute Gasteiger partial charge is 0.341 e. The highest BCUT2D eigenvalue weighted by Crippen LogP contribution is 2.21. The Bertz CT molecular complexity index is 1040. The molecule has 0 spiro atoms. The topological polar surface area (TPSA) is 99.3 Å². The molecule has 0 bridgehead atoms. The van der Waals surface area contributed by atoms with E-state index in [1.807, 2.05) is 42.7 Å². The second-order valence-corrected chi connectivity index (χ2v) is 7.34. The summed E-state index contributed by atoms with van der Waals surface area (Å²) in [6.07, 6.45) is 6.24.